The minimum absolute atomic E-state index is 0.00880. The van der Waals surface area contributed by atoms with Gasteiger partial charge in [-0.2, -0.15) is 13.2 Å². The van der Waals surface area contributed by atoms with Crippen LogP contribution in [0.15, 0.2) is 42.5 Å². The van der Waals surface area contributed by atoms with Gasteiger partial charge < -0.3 is 19.4 Å². The summed E-state index contributed by atoms with van der Waals surface area (Å²) in [5.74, 6) is 0.541. The average molecular weight is 518 g/mol. The van der Waals surface area contributed by atoms with E-state index in [-0.39, 0.29) is 23.8 Å². The molecule has 2 aromatic carbocycles. The fourth-order valence-corrected chi connectivity index (χ4v) is 4.71. The average Bonchev–Trinajstić information content (AvgIpc) is 2.89. The molecular weight excluding hydrogens is 483 g/mol. The molecule has 0 aliphatic carbocycles. The van der Waals surface area contributed by atoms with Crippen LogP contribution in [0.3, 0.4) is 0 Å². The van der Waals surface area contributed by atoms with Crippen LogP contribution in [-0.4, -0.2) is 56.0 Å². The molecule has 1 fully saturated rings. The number of fused-ring (bicyclic) bond motifs is 1. The Morgan fingerprint density at radius 3 is 2.41 bits per heavy atom. The zero-order chi connectivity index (χ0) is 26.8. The Kier molecular flexibility index (Phi) is 7.71. The molecule has 0 spiro atoms. The van der Waals surface area contributed by atoms with Gasteiger partial charge in [0.05, 0.1) is 11.3 Å². The largest absolute Gasteiger partial charge is 0.482 e. The van der Waals surface area contributed by atoms with Gasteiger partial charge in [-0.1, -0.05) is 32.9 Å². The molecule has 2 aromatic rings. The molecule has 2 aliphatic rings. The van der Waals surface area contributed by atoms with Gasteiger partial charge in [-0.3, -0.25) is 9.59 Å². The highest BCUT2D eigenvalue weighted by molar-refractivity contribution is 5.98. The van der Waals surface area contributed by atoms with Crippen LogP contribution in [0, 0.1) is 0 Å². The topological polar surface area (TPSA) is 53.1 Å². The fraction of sp³-hybridized carbons (Fsp3) is 0.500. The summed E-state index contributed by atoms with van der Waals surface area (Å²) in [5.41, 5.74) is 1.68. The Morgan fingerprint density at radius 1 is 1.00 bits per heavy atom. The first-order chi connectivity index (χ1) is 17.5. The van der Waals surface area contributed by atoms with E-state index in [1.165, 1.54) is 6.07 Å². The van der Waals surface area contributed by atoms with E-state index in [9.17, 15) is 22.8 Å². The van der Waals surface area contributed by atoms with E-state index < -0.39 is 11.7 Å². The van der Waals surface area contributed by atoms with Crippen molar-refractivity contribution >= 4 is 23.2 Å². The maximum Gasteiger partial charge on any atom is 0.416 e. The summed E-state index contributed by atoms with van der Waals surface area (Å²) in [6.45, 7) is 8.69. The maximum absolute atomic E-state index is 13.0. The number of hydrogen-bond acceptors (Lipinski definition) is 4. The zero-order valence-corrected chi connectivity index (χ0v) is 21.6. The van der Waals surface area contributed by atoms with E-state index in [1.807, 2.05) is 23.1 Å². The van der Waals surface area contributed by atoms with Gasteiger partial charge >= 0.3 is 6.18 Å². The number of ether oxygens (including phenoxy) is 1. The fourth-order valence-electron chi connectivity index (χ4n) is 4.71. The van der Waals surface area contributed by atoms with E-state index in [2.05, 4.69) is 20.8 Å². The highest BCUT2D eigenvalue weighted by Gasteiger charge is 2.32. The molecule has 0 radical (unpaired) electrons. The number of nitrogens with zero attached hydrogens (tertiary/aromatic N) is 3. The zero-order valence-electron chi connectivity index (χ0n) is 21.6. The van der Waals surface area contributed by atoms with Crippen LogP contribution in [0.25, 0.3) is 0 Å². The van der Waals surface area contributed by atoms with Crippen molar-refractivity contribution in [3.63, 3.8) is 0 Å². The van der Waals surface area contributed by atoms with Crippen molar-refractivity contribution in [2.24, 2.45) is 0 Å². The van der Waals surface area contributed by atoms with Crippen molar-refractivity contribution in [3.8, 4) is 5.75 Å². The van der Waals surface area contributed by atoms with Crippen molar-refractivity contribution in [3.05, 3.63) is 53.6 Å². The second kappa shape index (κ2) is 10.6. The third kappa shape index (κ3) is 6.02. The summed E-state index contributed by atoms with van der Waals surface area (Å²) in [7, 11) is 0. The molecule has 2 aliphatic heterocycles. The number of carbonyl (C=O) groups is 2. The Morgan fingerprint density at radius 2 is 1.73 bits per heavy atom. The molecule has 0 atom stereocenters. The van der Waals surface area contributed by atoms with Gasteiger partial charge in [0, 0.05) is 44.8 Å². The first-order valence-electron chi connectivity index (χ1n) is 12.8. The molecule has 200 valence electrons. The monoisotopic (exact) mass is 517 g/mol. The number of rotatable bonds is 7. The summed E-state index contributed by atoms with van der Waals surface area (Å²) in [4.78, 5) is 30.8. The minimum atomic E-state index is -4.38. The highest BCUT2D eigenvalue weighted by atomic mass is 19.4. The predicted molar refractivity (Wildman–Crippen MR) is 137 cm³/mol. The van der Waals surface area contributed by atoms with Gasteiger partial charge in [-0.05, 0) is 54.2 Å². The summed E-state index contributed by atoms with van der Waals surface area (Å²) in [6.07, 6.45) is -2.62. The molecule has 6 nitrogen and oxygen atoms in total. The number of hydrogen-bond donors (Lipinski definition) is 0. The SMILES string of the molecule is CCC(C)(C)c1ccc2c(c1)N(CCCC(=O)N1CCN(c3cccc(C(F)(F)F)c3)CC1)C(=O)CO2. The molecule has 0 N–H and O–H groups in total. The number of benzene rings is 2. The van der Waals surface area contributed by atoms with Gasteiger partial charge in [0.2, 0.25) is 5.91 Å². The quantitative estimate of drug-likeness (QED) is 0.504. The Balaban J connectivity index is 1.32. The second-order valence-corrected chi connectivity index (χ2v) is 10.3. The van der Waals surface area contributed by atoms with E-state index in [0.717, 1.165) is 29.8 Å². The van der Waals surface area contributed by atoms with Gasteiger partial charge in [0.15, 0.2) is 6.61 Å². The lowest BCUT2D eigenvalue weighted by atomic mass is 9.82. The number of piperazine rings is 1. The van der Waals surface area contributed by atoms with Crippen LogP contribution < -0.4 is 14.5 Å². The Hall–Kier alpha value is -3.23. The van der Waals surface area contributed by atoms with Gasteiger partial charge in [-0.25, -0.2) is 0 Å². The maximum atomic E-state index is 13.0. The molecule has 0 aromatic heterocycles. The Bertz CT molecular complexity index is 1140. The van der Waals surface area contributed by atoms with Crippen molar-refractivity contribution in [1.82, 2.24) is 4.90 Å². The van der Waals surface area contributed by atoms with E-state index in [4.69, 9.17) is 4.74 Å². The van der Waals surface area contributed by atoms with E-state index >= 15 is 0 Å². The third-order valence-electron chi connectivity index (χ3n) is 7.51. The standard InChI is InChI=1S/C28H34F3N3O3/c1-4-27(2,3)20-10-11-24-23(18-20)34(26(36)19-37-24)12-6-9-25(35)33-15-13-32(14-16-33)22-8-5-7-21(17-22)28(29,30)31/h5,7-8,10-11,17-18H,4,6,9,12-16,19H2,1-3H3. The van der Waals surface area contributed by atoms with Crippen LogP contribution in [0.1, 0.15) is 51.2 Å². The van der Waals surface area contributed by atoms with Gasteiger partial charge in [0.25, 0.3) is 5.91 Å². The Labute approximate surface area is 216 Å². The third-order valence-corrected chi connectivity index (χ3v) is 7.51. The van der Waals surface area contributed by atoms with Gasteiger partial charge in [-0.15, -0.1) is 0 Å². The molecule has 9 heteroatoms. The minimum Gasteiger partial charge on any atom is -0.482 e. The molecule has 37 heavy (non-hydrogen) atoms. The smallest absolute Gasteiger partial charge is 0.416 e. The summed E-state index contributed by atoms with van der Waals surface area (Å²) >= 11 is 0. The lowest BCUT2D eigenvalue weighted by Gasteiger charge is -2.36. The molecule has 0 unspecified atom stereocenters. The number of halogens is 3. The number of carbonyl (C=O) groups excluding carboxylic acids is 2. The van der Waals surface area contributed by atoms with Crippen LogP contribution in [0.4, 0.5) is 24.5 Å². The molecule has 2 amide bonds. The van der Waals surface area contributed by atoms with Crippen LogP contribution in [0.2, 0.25) is 0 Å². The molecule has 1 saturated heterocycles. The van der Waals surface area contributed by atoms with E-state index in [1.54, 1.807) is 15.9 Å². The molecule has 4 rings (SSSR count). The van der Waals surface area contributed by atoms with Gasteiger partial charge in [0.1, 0.15) is 5.75 Å². The highest BCUT2D eigenvalue weighted by Crippen LogP contribution is 2.38. The summed E-state index contributed by atoms with van der Waals surface area (Å²) in [6, 6.07) is 11.3. The molecule has 0 saturated carbocycles. The van der Waals surface area contributed by atoms with Crippen molar-refractivity contribution in [2.75, 3.05) is 49.1 Å². The molecule has 2 heterocycles. The first-order valence-corrected chi connectivity index (χ1v) is 12.8. The van der Waals surface area contributed by atoms with Crippen LogP contribution in [-0.2, 0) is 21.2 Å². The summed E-state index contributed by atoms with van der Waals surface area (Å²) < 4.78 is 44.8. The molecular formula is C28H34F3N3O3. The lowest BCUT2D eigenvalue weighted by Crippen LogP contribution is -2.49. The van der Waals surface area contributed by atoms with Crippen molar-refractivity contribution in [2.45, 2.75) is 51.6 Å². The van der Waals surface area contributed by atoms with E-state index in [0.29, 0.717) is 57.0 Å². The number of anilines is 2. The first kappa shape index (κ1) is 26.8. The molecule has 0 bridgehead atoms. The second-order valence-electron chi connectivity index (χ2n) is 10.3. The lowest BCUT2D eigenvalue weighted by molar-refractivity contribution is -0.137. The van der Waals surface area contributed by atoms with Crippen molar-refractivity contribution < 1.29 is 27.5 Å². The number of amides is 2. The predicted octanol–water partition coefficient (Wildman–Crippen LogP) is 5.25. The normalized spacial score (nSPS) is 16.5. The van der Waals surface area contributed by atoms with Crippen LogP contribution in [0.5, 0.6) is 5.75 Å². The summed E-state index contributed by atoms with van der Waals surface area (Å²) in [5, 5.41) is 0. The van der Waals surface area contributed by atoms with Crippen molar-refractivity contribution in [1.29, 1.82) is 0 Å². The van der Waals surface area contributed by atoms with Crippen LogP contribution >= 0.6 is 0 Å². The number of alkyl halides is 3.